The summed E-state index contributed by atoms with van der Waals surface area (Å²) >= 11 is 0. The van der Waals surface area contributed by atoms with Crippen LogP contribution in [0.3, 0.4) is 0 Å². The Kier molecular flexibility index (Phi) is 4.29. The molecule has 0 unspecified atom stereocenters. The molecule has 1 aromatic heterocycles. The molecule has 0 aliphatic carbocycles. The van der Waals surface area contributed by atoms with Crippen molar-refractivity contribution in [2.24, 2.45) is 0 Å². The zero-order valence-electron chi connectivity index (χ0n) is 13.8. The third-order valence-electron chi connectivity index (χ3n) is 3.74. The van der Waals surface area contributed by atoms with Crippen LogP contribution >= 0.6 is 0 Å². The molecule has 6 nitrogen and oxygen atoms in total. The highest BCUT2D eigenvalue weighted by molar-refractivity contribution is 6.04. The van der Waals surface area contributed by atoms with E-state index in [9.17, 15) is 4.79 Å². The summed E-state index contributed by atoms with van der Waals surface area (Å²) in [5.41, 5.74) is 3.56. The molecule has 0 bridgehead atoms. The summed E-state index contributed by atoms with van der Waals surface area (Å²) in [6.45, 7) is 3.83. The van der Waals surface area contributed by atoms with Crippen molar-refractivity contribution in [1.29, 1.82) is 0 Å². The molecule has 6 heteroatoms. The smallest absolute Gasteiger partial charge is 0.278 e. The molecule has 122 valence electrons. The zero-order chi connectivity index (χ0) is 17.1. The molecule has 3 aromatic rings. The second kappa shape index (κ2) is 6.54. The Labute approximate surface area is 140 Å². The number of aryl methyl sites for hydroxylation is 1. The second-order valence-corrected chi connectivity index (χ2v) is 5.43. The molecule has 1 N–H and O–H groups in total. The summed E-state index contributed by atoms with van der Waals surface area (Å²) < 4.78 is 6.89. The summed E-state index contributed by atoms with van der Waals surface area (Å²) in [5.74, 6) is 0.268. The van der Waals surface area contributed by atoms with Crippen LogP contribution in [0, 0.1) is 13.8 Å². The van der Waals surface area contributed by atoms with Gasteiger partial charge in [-0.25, -0.2) is 4.68 Å². The van der Waals surface area contributed by atoms with Crippen molar-refractivity contribution >= 4 is 11.6 Å². The average Bonchev–Trinajstić information content (AvgIpc) is 2.98. The lowest BCUT2D eigenvalue weighted by molar-refractivity contribution is 0.102. The lowest BCUT2D eigenvalue weighted by Gasteiger charge is -2.09. The summed E-state index contributed by atoms with van der Waals surface area (Å²) in [6.07, 6.45) is 0. The lowest BCUT2D eigenvalue weighted by atomic mass is 10.2. The van der Waals surface area contributed by atoms with Crippen molar-refractivity contribution in [2.45, 2.75) is 13.8 Å². The third-order valence-corrected chi connectivity index (χ3v) is 3.74. The number of hydrogen-bond donors (Lipinski definition) is 1. The molecule has 24 heavy (non-hydrogen) atoms. The minimum absolute atomic E-state index is 0.279. The maximum atomic E-state index is 12.5. The second-order valence-electron chi connectivity index (χ2n) is 5.43. The molecule has 0 fully saturated rings. The molecule has 0 aliphatic rings. The van der Waals surface area contributed by atoms with E-state index >= 15 is 0 Å². The van der Waals surface area contributed by atoms with Crippen molar-refractivity contribution in [3.05, 3.63) is 65.5 Å². The maximum absolute atomic E-state index is 12.5. The van der Waals surface area contributed by atoms with Crippen molar-refractivity contribution in [2.75, 3.05) is 12.4 Å². The Morgan fingerprint density at radius 3 is 2.50 bits per heavy atom. The van der Waals surface area contributed by atoms with Gasteiger partial charge in [0.05, 0.1) is 24.2 Å². The van der Waals surface area contributed by atoms with Gasteiger partial charge in [0, 0.05) is 0 Å². The number of rotatable bonds is 4. The van der Waals surface area contributed by atoms with Gasteiger partial charge in [-0.3, -0.25) is 4.79 Å². The first-order valence-electron chi connectivity index (χ1n) is 7.54. The molecule has 0 saturated carbocycles. The van der Waals surface area contributed by atoms with E-state index in [4.69, 9.17) is 4.74 Å². The first-order valence-corrected chi connectivity index (χ1v) is 7.54. The molecular weight excluding hydrogens is 304 g/mol. The predicted octanol–water partition coefficient (Wildman–Crippen LogP) is 3.15. The largest absolute Gasteiger partial charge is 0.495 e. The van der Waals surface area contributed by atoms with Gasteiger partial charge in [-0.15, -0.1) is 5.10 Å². The van der Waals surface area contributed by atoms with Gasteiger partial charge < -0.3 is 10.1 Å². The third kappa shape index (κ3) is 2.99. The van der Waals surface area contributed by atoms with Crippen molar-refractivity contribution in [3.63, 3.8) is 0 Å². The van der Waals surface area contributed by atoms with Crippen LogP contribution in [0.2, 0.25) is 0 Å². The van der Waals surface area contributed by atoms with Crippen LogP contribution in [0.5, 0.6) is 5.75 Å². The number of ether oxygens (including phenoxy) is 1. The molecule has 2 aromatic carbocycles. The van der Waals surface area contributed by atoms with Crippen LogP contribution in [-0.2, 0) is 0 Å². The number of benzene rings is 2. The van der Waals surface area contributed by atoms with Crippen LogP contribution in [0.1, 0.15) is 21.7 Å². The van der Waals surface area contributed by atoms with E-state index in [2.05, 4.69) is 15.6 Å². The van der Waals surface area contributed by atoms with Gasteiger partial charge in [-0.1, -0.05) is 35.0 Å². The van der Waals surface area contributed by atoms with Gasteiger partial charge in [0.2, 0.25) is 0 Å². The van der Waals surface area contributed by atoms with Crippen molar-refractivity contribution in [1.82, 2.24) is 15.0 Å². The molecule has 0 atom stereocenters. The normalized spacial score (nSPS) is 10.5. The summed E-state index contributed by atoms with van der Waals surface area (Å²) in [7, 11) is 1.56. The monoisotopic (exact) mass is 322 g/mol. The molecule has 0 spiro atoms. The first-order chi connectivity index (χ1) is 11.6. The van der Waals surface area contributed by atoms with E-state index in [0.29, 0.717) is 17.1 Å². The van der Waals surface area contributed by atoms with Crippen LogP contribution < -0.4 is 10.1 Å². The highest BCUT2D eigenvalue weighted by atomic mass is 16.5. The predicted molar refractivity (Wildman–Crippen MR) is 91.8 cm³/mol. The zero-order valence-corrected chi connectivity index (χ0v) is 13.8. The summed E-state index contributed by atoms with van der Waals surface area (Å²) in [4.78, 5) is 12.5. The number of nitrogens with zero attached hydrogens (tertiary/aromatic N) is 3. The van der Waals surface area contributed by atoms with Gasteiger partial charge in [0.1, 0.15) is 5.75 Å². The average molecular weight is 322 g/mol. The molecule has 1 heterocycles. The van der Waals surface area contributed by atoms with Gasteiger partial charge in [0.15, 0.2) is 5.69 Å². The topological polar surface area (TPSA) is 69.0 Å². The molecule has 0 radical (unpaired) electrons. The van der Waals surface area contributed by atoms with E-state index in [1.165, 1.54) is 0 Å². The van der Waals surface area contributed by atoms with Crippen molar-refractivity contribution in [3.8, 4) is 11.4 Å². The molecule has 0 aliphatic heterocycles. The van der Waals surface area contributed by atoms with E-state index in [0.717, 1.165) is 11.3 Å². The van der Waals surface area contributed by atoms with Crippen LogP contribution in [0.4, 0.5) is 5.69 Å². The van der Waals surface area contributed by atoms with E-state index < -0.39 is 0 Å². The first kappa shape index (κ1) is 15.7. The number of carbonyl (C=O) groups is 1. The number of carbonyl (C=O) groups excluding carboxylic acids is 1. The number of anilines is 1. The molecular formula is C18H18N4O2. The Hall–Kier alpha value is -3.15. The minimum atomic E-state index is -0.324. The maximum Gasteiger partial charge on any atom is 0.278 e. The fourth-order valence-electron chi connectivity index (χ4n) is 2.40. The quantitative estimate of drug-likeness (QED) is 0.801. The molecule has 3 rings (SSSR count). The lowest BCUT2D eigenvalue weighted by Crippen LogP contribution is -2.14. The fraction of sp³-hybridized carbons (Fsp3) is 0.167. The Balaban J connectivity index is 1.87. The number of para-hydroxylation sites is 2. The Morgan fingerprint density at radius 1 is 1.08 bits per heavy atom. The number of hydrogen-bond acceptors (Lipinski definition) is 4. The number of aromatic nitrogens is 3. The number of methoxy groups -OCH3 is 1. The van der Waals surface area contributed by atoms with Crippen molar-refractivity contribution < 1.29 is 9.53 Å². The van der Waals surface area contributed by atoms with Gasteiger partial charge in [-0.2, -0.15) is 0 Å². The van der Waals surface area contributed by atoms with Crippen LogP contribution in [0.25, 0.3) is 5.69 Å². The SMILES string of the molecule is COc1ccccc1NC(=O)c1nnn(-c2ccc(C)cc2)c1C. The molecule has 1 amide bonds. The van der Waals surface area contributed by atoms with E-state index in [-0.39, 0.29) is 11.6 Å². The fourth-order valence-corrected chi connectivity index (χ4v) is 2.40. The Bertz CT molecular complexity index is 869. The number of nitrogens with one attached hydrogen (secondary N) is 1. The van der Waals surface area contributed by atoms with E-state index in [1.807, 2.05) is 50.2 Å². The Morgan fingerprint density at radius 2 is 1.79 bits per heavy atom. The standard InChI is InChI=1S/C18H18N4O2/c1-12-8-10-14(11-9-12)22-13(2)17(20-21-22)18(23)19-15-6-4-5-7-16(15)24-3/h4-11H,1-3H3,(H,19,23). The number of amides is 1. The highest BCUT2D eigenvalue weighted by Gasteiger charge is 2.18. The highest BCUT2D eigenvalue weighted by Crippen LogP contribution is 2.24. The minimum Gasteiger partial charge on any atom is -0.495 e. The van der Waals surface area contributed by atoms with Gasteiger partial charge in [-0.05, 0) is 38.1 Å². The van der Waals surface area contributed by atoms with Gasteiger partial charge >= 0.3 is 0 Å². The summed E-state index contributed by atoms with van der Waals surface area (Å²) in [5, 5.41) is 10.9. The van der Waals surface area contributed by atoms with Gasteiger partial charge in [0.25, 0.3) is 5.91 Å². The molecule has 0 saturated heterocycles. The van der Waals surface area contributed by atoms with Crippen LogP contribution in [0.15, 0.2) is 48.5 Å². The summed E-state index contributed by atoms with van der Waals surface area (Å²) in [6, 6.07) is 15.1. The van der Waals surface area contributed by atoms with Crippen LogP contribution in [-0.4, -0.2) is 28.0 Å². The van der Waals surface area contributed by atoms with E-state index in [1.54, 1.807) is 23.9 Å².